The fourth-order valence-corrected chi connectivity index (χ4v) is 5.54. The first kappa shape index (κ1) is 16.9. The highest BCUT2D eigenvalue weighted by atomic mass is 32.2. The smallest absolute Gasteiger partial charge is 0.242 e. The molecule has 1 N–H and O–H groups in total. The van der Waals surface area contributed by atoms with Gasteiger partial charge in [0.25, 0.3) is 0 Å². The lowest BCUT2D eigenvalue weighted by Crippen LogP contribution is -2.24. The topological polar surface area (TPSA) is 72.2 Å². The molecular formula is C17H18N2O3S2. The molecule has 7 heteroatoms. The zero-order valence-corrected chi connectivity index (χ0v) is 15.3. The number of rotatable bonds is 5. The summed E-state index contributed by atoms with van der Waals surface area (Å²) in [5.41, 5.74) is 2.59. The number of thiophene rings is 1. The van der Waals surface area contributed by atoms with Crippen LogP contribution in [0.3, 0.4) is 0 Å². The van der Waals surface area contributed by atoms with Gasteiger partial charge >= 0.3 is 0 Å². The molecule has 0 aliphatic carbocycles. The van der Waals surface area contributed by atoms with Gasteiger partial charge in [0, 0.05) is 22.4 Å². The van der Waals surface area contributed by atoms with Gasteiger partial charge in [0.1, 0.15) is 4.90 Å². The van der Waals surface area contributed by atoms with E-state index in [2.05, 4.69) is 9.88 Å². The summed E-state index contributed by atoms with van der Waals surface area (Å²) in [5, 5.41) is 3.69. The Morgan fingerprint density at radius 2 is 1.88 bits per heavy atom. The monoisotopic (exact) mass is 362 g/mol. The van der Waals surface area contributed by atoms with Crippen LogP contribution in [0.5, 0.6) is 0 Å². The molecule has 3 rings (SSSR count). The quantitative estimate of drug-likeness (QED) is 0.749. The van der Waals surface area contributed by atoms with Gasteiger partial charge in [-0.2, -0.15) is 0 Å². The average molecular weight is 362 g/mol. The minimum Gasteiger partial charge on any atom is -0.356 e. The largest absolute Gasteiger partial charge is 0.356 e. The molecule has 3 aromatic rings. The van der Waals surface area contributed by atoms with Crippen LogP contribution in [0.2, 0.25) is 0 Å². The molecule has 0 saturated heterocycles. The number of sulfonamides is 1. The summed E-state index contributed by atoms with van der Waals surface area (Å²) in [4.78, 5) is 1.90. The lowest BCUT2D eigenvalue weighted by Gasteiger charge is -2.10. The van der Waals surface area contributed by atoms with E-state index in [0.717, 1.165) is 20.9 Å². The molecule has 5 nitrogen and oxygen atoms in total. The molecule has 0 bridgehead atoms. The summed E-state index contributed by atoms with van der Waals surface area (Å²) >= 11 is 1.44. The molecular weight excluding hydrogens is 344 g/mol. The maximum Gasteiger partial charge on any atom is 0.242 e. The van der Waals surface area contributed by atoms with Crippen LogP contribution >= 0.6 is 11.3 Å². The predicted octanol–water partition coefficient (Wildman–Crippen LogP) is 3.81. The molecule has 0 spiro atoms. The van der Waals surface area contributed by atoms with Crippen molar-refractivity contribution in [2.24, 2.45) is 0 Å². The summed E-state index contributed by atoms with van der Waals surface area (Å²) in [5.74, 6) is 0.466. The van der Waals surface area contributed by atoms with Crippen LogP contribution in [0.15, 0.2) is 45.9 Å². The van der Waals surface area contributed by atoms with Gasteiger partial charge in [-0.1, -0.05) is 29.4 Å². The molecule has 0 radical (unpaired) electrons. The third-order valence-electron chi connectivity index (χ3n) is 3.87. The Morgan fingerprint density at radius 1 is 1.12 bits per heavy atom. The van der Waals surface area contributed by atoms with E-state index >= 15 is 0 Å². The van der Waals surface area contributed by atoms with Gasteiger partial charge in [0.15, 0.2) is 5.76 Å². The molecule has 2 heterocycles. The Balaban J connectivity index is 1.98. The lowest BCUT2D eigenvalue weighted by molar-refractivity contribution is 0.431. The third kappa shape index (κ3) is 3.15. The van der Waals surface area contributed by atoms with Crippen molar-refractivity contribution in [1.29, 1.82) is 0 Å². The van der Waals surface area contributed by atoms with Crippen molar-refractivity contribution >= 4 is 21.4 Å². The normalized spacial score (nSPS) is 11.8. The standard InChI is InChI=1S/C17H18N2O3S2/c1-11-6-4-5-7-14(11)10-19-24(20,21)17-13(3)23-12(2)16(17)15-8-9-18-22-15/h4-9,19H,10H2,1-3H3. The molecule has 0 amide bonds. The van der Waals surface area contributed by atoms with Gasteiger partial charge in [0.2, 0.25) is 10.0 Å². The zero-order chi connectivity index (χ0) is 17.3. The summed E-state index contributed by atoms with van der Waals surface area (Å²) in [6, 6.07) is 9.39. The van der Waals surface area contributed by atoms with E-state index < -0.39 is 10.0 Å². The highest BCUT2D eigenvalue weighted by Crippen LogP contribution is 2.38. The molecule has 0 fully saturated rings. The molecule has 2 aromatic heterocycles. The fraction of sp³-hybridized carbons (Fsp3) is 0.235. The first-order valence-corrected chi connectivity index (χ1v) is 9.75. The average Bonchev–Trinajstić information content (AvgIpc) is 3.14. The zero-order valence-electron chi connectivity index (χ0n) is 13.7. The van der Waals surface area contributed by atoms with Crippen LogP contribution in [0.25, 0.3) is 11.3 Å². The van der Waals surface area contributed by atoms with E-state index in [1.807, 2.05) is 38.1 Å². The van der Waals surface area contributed by atoms with E-state index in [-0.39, 0.29) is 11.4 Å². The minimum absolute atomic E-state index is 0.249. The van der Waals surface area contributed by atoms with Crippen LogP contribution in [0, 0.1) is 20.8 Å². The molecule has 0 saturated carbocycles. The van der Waals surface area contributed by atoms with Gasteiger partial charge in [-0.25, -0.2) is 13.1 Å². The predicted molar refractivity (Wildman–Crippen MR) is 94.5 cm³/mol. The van der Waals surface area contributed by atoms with Gasteiger partial charge in [-0.3, -0.25) is 0 Å². The molecule has 0 aliphatic rings. The van der Waals surface area contributed by atoms with Gasteiger partial charge in [-0.15, -0.1) is 11.3 Å². The van der Waals surface area contributed by atoms with Crippen molar-refractivity contribution in [2.75, 3.05) is 0 Å². The van der Waals surface area contributed by atoms with E-state index in [9.17, 15) is 8.42 Å². The Bertz CT molecular complexity index is 958. The SMILES string of the molecule is Cc1ccccc1CNS(=O)(=O)c1c(C)sc(C)c1-c1ccno1. The second-order valence-electron chi connectivity index (χ2n) is 5.55. The lowest BCUT2D eigenvalue weighted by atomic mass is 10.1. The van der Waals surface area contributed by atoms with Crippen LogP contribution in [-0.2, 0) is 16.6 Å². The first-order valence-electron chi connectivity index (χ1n) is 7.45. The number of benzene rings is 1. The number of aryl methyl sites for hydroxylation is 3. The van der Waals surface area contributed by atoms with Gasteiger partial charge in [-0.05, 0) is 31.9 Å². The Labute approximate surface area is 145 Å². The maximum absolute atomic E-state index is 12.9. The highest BCUT2D eigenvalue weighted by molar-refractivity contribution is 7.89. The van der Waals surface area contributed by atoms with Crippen LogP contribution < -0.4 is 4.72 Å². The van der Waals surface area contributed by atoms with Crippen molar-refractivity contribution in [3.8, 4) is 11.3 Å². The Hall–Kier alpha value is -1.96. The van der Waals surface area contributed by atoms with Gasteiger partial charge < -0.3 is 4.52 Å². The van der Waals surface area contributed by atoms with E-state index in [0.29, 0.717) is 11.3 Å². The molecule has 0 unspecified atom stereocenters. The molecule has 126 valence electrons. The van der Waals surface area contributed by atoms with Crippen molar-refractivity contribution in [3.05, 3.63) is 57.4 Å². The second kappa shape index (κ2) is 6.51. The first-order chi connectivity index (χ1) is 11.4. The van der Waals surface area contributed by atoms with Crippen molar-refractivity contribution in [3.63, 3.8) is 0 Å². The number of nitrogens with zero attached hydrogens (tertiary/aromatic N) is 1. The molecule has 0 atom stereocenters. The van der Waals surface area contributed by atoms with Crippen molar-refractivity contribution in [2.45, 2.75) is 32.2 Å². The summed E-state index contributed by atoms with van der Waals surface area (Å²) in [6.45, 7) is 5.90. The van der Waals surface area contributed by atoms with E-state index in [4.69, 9.17) is 4.52 Å². The summed E-state index contributed by atoms with van der Waals surface area (Å²) in [6.07, 6.45) is 1.51. The fourth-order valence-electron chi connectivity index (χ4n) is 2.67. The van der Waals surface area contributed by atoms with E-state index in [1.165, 1.54) is 17.5 Å². The molecule has 1 aromatic carbocycles. The number of nitrogens with one attached hydrogen (secondary N) is 1. The Morgan fingerprint density at radius 3 is 2.54 bits per heavy atom. The molecule has 24 heavy (non-hydrogen) atoms. The van der Waals surface area contributed by atoms with Crippen molar-refractivity contribution < 1.29 is 12.9 Å². The van der Waals surface area contributed by atoms with Crippen molar-refractivity contribution in [1.82, 2.24) is 9.88 Å². The Kier molecular flexibility index (Phi) is 4.58. The summed E-state index contributed by atoms with van der Waals surface area (Å²) < 4.78 is 33.7. The maximum atomic E-state index is 12.9. The number of hydrogen-bond donors (Lipinski definition) is 1. The second-order valence-corrected chi connectivity index (χ2v) is 8.68. The van der Waals surface area contributed by atoms with Gasteiger partial charge in [0.05, 0.1) is 11.8 Å². The van der Waals surface area contributed by atoms with E-state index in [1.54, 1.807) is 13.0 Å². The van der Waals surface area contributed by atoms with Crippen LogP contribution in [0.4, 0.5) is 0 Å². The number of hydrogen-bond acceptors (Lipinski definition) is 5. The molecule has 0 aliphatic heterocycles. The highest BCUT2D eigenvalue weighted by Gasteiger charge is 2.27. The third-order valence-corrected chi connectivity index (χ3v) is 6.59. The number of aromatic nitrogens is 1. The summed E-state index contributed by atoms with van der Waals surface area (Å²) in [7, 11) is -3.67. The van der Waals surface area contributed by atoms with Crippen LogP contribution in [0.1, 0.15) is 20.9 Å². The minimum atomic E-state index is -3.67. The van der Waals surface area contributed by atoms with Crippen LogP contribution in [-0.4, -0.2) is 13.6 Å².